The minimum Gasteiger partial charge on any atom is -0.493 e. The Morgan fingerprint density at radius 3 is 2.54 bits per heavy atom. The average Bonchev–Trinajstić information content (AvgIpc) is 2.64. The van der Waals surface area contributed by atoms with Crippen LogP contribution >= 0.6 is 12.4 Å². The molecule has 0 radical (unpaired) electrons. The molecule has 0 unspecified atom stereocenters. The number of halogens is 1. The van der Waals surface area contributed by atoms with E-state index in [0.717, 1.165) is 22.4 Å². The summed E-state index contributed by atoms with van der Waals surface area (Å²) >= 11 is 0. The van der Waals surface area contributed by atoms with E-state index in [2.05, 4.69) is 16.7 Å². The molecule has 0 bridgehead atoms. The minimum atomic E-state index is -0.265. The molecular weight excluding hydrogens is 378 g/mol. The number of para-hydroxylation sites is 1. The molecule has 7 heteroatoms. The topological polar surface area (TPSA) is 93.4 Å². The van der Waals surface area contributed by atoms with Crippen LogP contribution in [0, 0.1) is 20.8 Å². The van der Waals surface area contributed by atoms with Crippen LogP contribution in [0.15, 0.2) is 36.4 Å². The van der Waals surface area contributed by atoms with Crippen LogP contribution < -0.4 is 21.1 Å². The van der Waals surface area contributed by atoms with Gasteiger partial charge in [-0.25, -0.2) is 0 Å². The molecule has 2 rings (SSSR count). The molecule has 2 aromatic carbocycles. The Bertz CT molecular complexity index is 825. The fourth-order valence-electron chi connectivity index (χ4n) is 2.69. The van der Waals surface area contributed by atoms with Crippen LogP contribution in [-0.2, 0) is 4.79 Å². The molecule has 0 aromatic heterocycles. The molecule has 0 fully saturated rings. The number of hydrogen-bond acceptors (Lipinski definition) is 4. The number of aryl methyl sites for hydroxylation is 2. The number of anilines is 1. The van der Waals surface area contributed by atoms with Crippen LogP contribution in [0.4, 0.5) is 5.69 Å². The largest absolute Gasteiger partial charge is 0.493 e. The van der Waals surface area contributed by atoms with Crippen molar-refractivity contribution in [1.29, 1.82) is 0 Å². The second-order valence-electron chi connectivity index (χ2n) is 6.44. The monoisotopic (exact) mass is 405 g/mol. The first kappa shape index (κ1) is 23.5. The Balaban J connectivity index is 0.00000392. The number of hydrogen-bond donors (Lipinski definition) is 3. The zero-order valence-electron chi connectivity index (χ0n) is 16.5. The predicted molar refractivity (Wildman–Crippen MR) is 114 cm³/mol. The molecule has 2 amide bonds. The van der Waals surface area contributed by atoms with Gasteiger partial charge in [0.25, 0.3) is 5.91 Å². The molecular formula is C21H28ClN3O3. The molecule has 28 heavy (non-hydrogen) atoms. The average molecular weight is 406 g/mol. The molecule has 0 saturated carbocycles. The fourth-order valence-corrected chi connectivity index (χ4v) is 2.69. The first-order valence-electron chi connectivity index (χ1n) is 9.00. The number of rotatable bonds is 8. The van der Waals surface area contributed by atoms with Gasteiger partial charge in [0.15, 0.2) is 0 Å². The number of amides is 2. The third kappa shape index (κ3) is 6.55. The smallest absolute Gasteiger partial charge is 0.253 e. The van der Waals surface area contributed by atoms with Gasteiger partial charge in [-0.1, -0.05) is 18.2 Å². The van der Waals surface area contributed by atoms with Gasteiger partial charge in [-0.05, 0) is 55.7 Å². The number of carbonyl (C=O) groups is 2. The molecule has 0 saturated heterocycles. The summed E-state index contributed by atoms with van der Waals surface area (Å²) in [5, 5.41) is 5.48. The molecule has 6 nitrogen and oxygen atoms in total. The number of nitrogens with one attached hydrogen (secondary N) is 2. The summed E-state index contributed by atoms with van der Waals surface area (Å²) in [7, 11) is 0. The maximum Gasteiger partial charge on any atom is 0.253 e. The SMILES string of the molecule is Cc1cc(C)c(C)c(OCCC(=O)Nc2ccccc2C(=O)NCCN)c1.Cl. The van der Waals surface area contributed by atoms with Gasteiger partial charge in [-0.15, -0.1) is 12.4 Å². The van der Waals surface area contributed by atoms with Crippen LogP contribution in [0.3, 0.4) is 0 Å². The molecule has 0 spiro atoms. The molecule has 0 aliphatic carbocycles. The van der Waals surface area contributed by atoms with Gasteiger partial charge in [-0.3, -0.25) is 9.59 Å². The zero-order valence-corrected chi connectivity index (χ0v) is 17.3. The zero-order chi connectivity index (χ0) is 19.8. The van der Waals surface area contributed by atoms with Crippen LogP contribution in [0.1, 0.15) is 33.5 Å². The second kappa shape index (κ2) is 11.3. The number of carbonyl (C=O) groups excluding carboxylic acids is 2. The number of benzene rings is 2. The van der Waals surface area contributed by atoms with E-state index in [1.54, 1.807) is 24.3 Å². The van der Waals surface area contributed by atoms with Gasteiger partial charge >= 0.3 is 0 Å². The third-order valence-electron chi connectivity index (χ3n) is 4.23. The minimum absolute atomic E-state index is 0. The lowest BCUT2D eigenvalue weighted by atomic mass is 10.1. The summed E-state index contributed by atoms with van der Waals surface area (Å²) in [4.78, 5) is 24.4. The normalized spacial score (nSPS) is 10.0. The first-order chi connectivity index (χ1) is 12.9. The lowest BCUT2D eigenvalue weighted by molar-refractivity contribution is -0.116. The molecule has 152 valence electrons. The summed E-state index contributed by atoms with van der Waals surface area (Å²) in [6.45, 7) is 7.05. The lowest BCUT2D eigenvalue weighted by Gasteiger charge is -2.13. The third-order valence-corrected chi connectivity index (χ3v) is 4.23. The standard InChI is InChI=1S/C21H27N3O3.ClH/c1-14-12-15(2)16(3)19(13-14)27-11-8-20(25)24-18-7-5-4-6-17(18)21(26)23-10-9-22;/h4-7,12-13H,8-11,22H2,1-3H3,(H,23,26)(H,24,25);1H. The Morgan fingerprint density at radius 2 is 1.82 bits per heavy atom. The highest BCUT2D eigenvalue weighted by Crippen LogP contribution is 2.23. The number of ether oxygens (including phenoxy) is 1. The Labute approximate surface area is 172 Å². The Kier molecular flexibility index (Phi) is 9.48. The number of nitrogens with two attached hydrogens (primary N) is 1. The van der Waals surface area contributed by atoms with Gasteiger partial charge in [0.1, 0.15) is 5.75 Å². The summed E-state index contributed by atoms with van der Waals surface area (Å²) in [5.74, 6) is 0.316. The summed E-state index contributed by atoms with van der Waals surface area (Å²) in [6.07, 6.45) is 0.186. The molecule has 0 atom stereocenters. The van der Waals surface area contributed by atoms with E-state index in [-0.39, 0.29) is 37.2 Å². The Hall–Kier alpha value is -2.57. The molecule has 0 heterocycles. The van der Waals surface area contributed by atoms with E-state index in [0.29, 0.717) is 24.3 Å². The van der Waals surface area contributed by atoms with Crippen molar-refractivity contribution in [2.75, 3.05) is 25.0 Å². The summed E-state index contributed by atoms with van der Waals surface area (Å²) in [6, 6.07) is 10.9. The lowest BCUT2D eigenvalue weighted by Crippen LogP contribution is -2.30. The first-order valence-corrected chi connectivity index (χ1v) is 9.00. The van der Waals surface area contributed by atoms with E-state index in [1.165, 1.54) is 0 Å². The van der Waals surface area contributed by atoms with Gasteiger partial charge in [0.2, 0.25) is 5.91 Å². The fraction of sp³-hybridized carbons (Fsp3) is 0.333. The Morgan fingerprint density at radius 1 is 1.11 bits per heavy atom. The quantitative estimate of drug-likeness (QED) is 0.629. The summed E-state index contributed by atoms with van der Waals surface area (Å²) < 4.78 is 5.78. The molecule has 0 aliphatic rings. The van der Waals surface area contributed by atoms with E-state index < -0.39 is 0 Å². The highest BCUT2D eigenvalue weighted by Gasteiger charge is 2.13. The van der Waals surface area contributed by atoms with E-state index >= 15 is 0 Å². The van der Waals surface area contributed by atoms with Crippen molar-refractivity contribution >= 4 is 29.9 Å². The van der Waals surface area contributed by atoms with E-state index in [9.17, 15) is 9.59 Å². The summed E-state index contributed by atoms with van der Waals surface area (Å²) in [5.41, 5.74) is 9.64. The molecule has 0 aliphatic heterocycles. The van der Waals surface area contributed by atoms with Gasteiger partial charge < -0.3 is 21.1 Å². The second-order valence-corrected chi connectivity index (χ2v) is 6.44. The van der Waals surface area contributed by atoms with Crippen molar-refractivity contribution in [1.82, 2.24) is 5.32 Å². The van der Waals surface area contributed by atoms with Crippen LogP contribution in [0.25, 0.3) is 0 Å². The van der Waals surface area contributed by atoms with Crippen molar-refractivity contribution in [2.24, 2.45) is 5.73 Å². The highest BCUT2D eigenvalue weighted by atomic mass is 35.5. The van der Waals surface area contributed by atoms with E-state index in [4.69, 9.17) is 10.5 Å². The van der Waals surface area contributed by atoms with Crippen molar-refractivity contribution in [3.63, 3.8) is 0 Å². The van der Waals surface area contributed by atoms with Crippen LogP contribution in [0.5, 0.6) is 5.75 Å². The van der Waals surface area contributed by atoms with Crippen molar-refractivity contribution in [3.05, 3.63) is 58.7 Å². The van der Waals surface area contributed by atoms with Crippen molar-refractivity contribution < 1.29 is 14.3 Å². The molecule has 4 N–H and O–H groups in total. The maximum atomic E-state index is 12.3. The van der Waals surface area contributed by atoms with Crippen LogP contribution in [-0.4, -0.2) is 31.5 Å². The predicted octanol–water partition coefficient (Wildman–Crippen LogP) is 3.13. The maximum absolute atomic E-state index is 12.3. The molecule has 2 aromatic rings. The highest BCUT2D eigenvalue weighted by molar-refractivity contribution is 6.03. The van der Waals surface area contributed by atoms with Crippen molar-refractivity contribution in [3.8, 4) is 5.75 Å². The van der Waals surface area contributed by atoms with Gasteiger partial charge in [0, 0.05) is 13.1 Å². The van der Waals surface area contributed by atoms with E-state index in [1.807, 2.05) is 26.8 Å². The van der Waals surface area contributed by atoms with Crippen molar-refractivity contribution in [2.45, 2.75) is 27.2 Å². The van der Waals surface area contributed by atoms with Gasteiger partial charge in [0.05, 0.1) is 24.3 Å². The van der Waals surface area contributed by atoms with Crippen LogP contribution in [0.2, 0.25) is 0 Å². The van der Waals surface area contributed by atoms with Gasteiger partial charge in [-0.2, -0.15) is 0 Å².